The van der Waals surface area contributed by atoms with Gasteiger partial charge in [-0.25, -0.2) is 4.79 Å². The molecular formula is C9H13N3O2. The third-order valence-corrected chi connectivity index (χ3v) is 1.64. The predicted molar refractivity (Wildman–Crippen MR) is 54.2 cm³/mol. The fourth-order valence-electron chi connectivity index (χ4n) is 0.866. The lowest BCUT2D eigenvalue weighted by Gasteiger charge is -2.07. The molecule has 0 saturated carbocycles. The molecule has 0 radical (unpaired) electrons. The Hall–Kier alpha value is -1.91. The van der Waals surface area contributed by atoms with Gasteiger partial charge in [0.05, 0.1) is 12.8 Å². The van der Waals surface area contributed by atoms with Crippen LogP contribution < -0.4 is 20.9 Å². The minimum absolute atomic E-state index is 0.291. The number of anilines is 1. The van der Waals surface area contributed by atoms with Crippen LogP contribution in [0.1, 0.15) is 0 Å². The number of nitrogens with one attached hydrogen (secondary N) is 3. The Balaban J connectivity index is 2.47. The normalized spacial score (nSPS) is 9.00. The van der Waals surface area contributed by atoms with Crippen LogP contribution in [0.25, 0.3) is 0 Å². The lowest BCUT2D eigenvalue weighted by molar-refractivity contribution is 0.245. The molecule has 0 aliphatic carbocycles. The fourth-order valence-corrected chi connectivity index (χ4v) is 0.866. The van der Waals surface area contributed by atoms with E-state index in [1.807, 2.05) is 0 Å². The number of hydrazine groups is 1. The zero-order valence-electron chi connectivity index (χ0n) is 8.13. The maximum atomic E-state index is 10.8. The number of carbonyl (C=O) groups is 1. The Morgan fingerprint density at radius 1 is 1.29 bits per heavy atom. The summed E-state index contributed by atoms with van der Waals surface area (Å²) in [5.41, 5.74) is 5.96. The van der Waals surface area contributed by atoms with Crippen molar-refractivity contribution < 1.29 is 9.53 Å². The molecule has 0 aliphatic rings. The second-order valence-electron chi connectivity index (χ2n) is 2.56. The van der Waals surface area contributed by atoms with E-state index in [2.05, 4.69) is 16.2 Å². The summed E-state index contributed by atoms with van der Waals surface area (Å²) in [6.45, 7) is 0. The van der Waals surface area contributed by atoms with Crippen LogP contribution in [-0.4, -0.2) is 20.2 Å². The molecule has 1 aromatic carbocycles. The second kappa shape index (κ2) is 4.96. The molecule has 14 heavy (non-hydrogen) atoms. The molecule has 0 saturated heterocycles. The summed E-state index contributed by atoms with van der Waals surface area (Å²) >= 11 is 0. The van der Waals surface area contributed by atoms with Gasteiger partial charge >= 0.3 is 6.03 Å². The number of rotatable bonds is 3. The Labute approximate surface area is 82.4 Å². The highest BCUT2D eigenvalue weighted by Gasteiger charge is 1.95. The third-order valence-electron chi connectivity index (χ3n) is 1.64. The molecule has 76 valence electrons. The van der Waals surface area contributed by atoms with Crippen LogP contribution in [0, 0.1) is 0 Å². The molecule has 1 rings (SSSR count). The molecule has 0 fully saturated rings. The summed E-state index contributed by atoms with van der Waals surface area (Å²) in [6, 6.07) is 6.91. The highest BCUT2D eigenvalue weighted by atomic mass is 16.5. The van der Waals surface area contributed by atoms with Crippen molar-refractivity contribution in [1.82, 2.24) is 10.7 Å². The number of ether oxygens (including phenoxy) is 1. The summed E-state index contributed by atoms with van der Waals surface area (Å²) < 4.78 is 4.99. The van der Waals surface area contributed by atoms with E-state index < -0.39 is 0 Å². The quantitative estimate of drug-likeness (QED) is 0.629. The molecule has 0 aromatic heterocycles. The summed E-state index contributed by atoms with van der Waals surface area (Å²) in [7, 11) is 3.15. The molecule has 5 nitrogen and oxygen atoms in total. The number of hydrogen-bond acceptors (Lipinski definition) is 3. The van der Waals surface area contributed by atoms with E-state index >= 15 is 0 Å². The predicted octanol–water partition coefficient (Wildman–Crippen LogP) is 0.951. The molecule has 0 atom stereocenters. The largest absolute Gasteiger partial charge is 0.497 e. The van der Waals surface area contributed by atoms with E-state index in [4.69, 9.17) is 4.74 Å². The second-order valence-corrected chi connectivity index (χ2v) is 2.56. The van der Waals surface area contributed by atoms with E-state index in [-0.39, 0.29) is 6.03 Å². The van der Waals surface area contributed by atoms with Crippen LogP contribution in [0.3, 0.4) is 0 Å². The molecule has 2 amide bonds. The van der Waals surface area contributed by atoms with Gasteiger partial charge in [0.25, 0.3) is 0 Å². The zero-order valence-corrected chi connectivity index (χ0v) is 8.13. The molecule has 0 unspecified atom stereocenters. The smallest absolute Gasteiger partial charge is 0.333 e. The first-order valence-corrected chi connectivity index (χ1v) is 4.14. The topological polar surface area (TPSA) is 62.4 Å². The molecule has 1 aromatic rings. The average molecular weight is 195 g/mol. The maximum absolute atomic E-state index is 10.8. The van der Waals surface area contributed by atoms with E-state index in [1.54, 1.807) is 38.4 Å². The summed E-state index contributed by atoms with van der Waals surface area (Å²) in [5, 5.41) is 2.42. The Kier molecular flexibility index (Phi) is 3.60. The van der Waals surface area contributed by atoms with Crippen molar-refractivity contribution >= 4 is 11.7 Å². The highest BCUT2D eigenvalue weighted by Crippen LogP contribution is 2.13. The first-order valence-electron chi connectivity index (χ1n) is 4.14. The lowest BCUT2D eigenvalue weighted by atomic mass is 10.3. The standard InChI is InChI=1S/C9H13N3O2/c1-10-9(13)12-11-7-3-5-8(14-2)6-4-7/h3-6,11H,1-2H3,(H2,10,12,13). The Morgan fingerprint density at radius 3 is 2.43 bits per heavy atom. The summed E-state index contributed by atoms with van der Waals surface area (Å²) in [5.74, 6) is 0.774. The van der Waals surface area contributed by atoms with Crippen LogP contribution in [0.2, 0.25) is 0 Å². The first kappa shape index (κ1) is 10.2. The van der Waals surface area contributed by atoms with Gasteiger partial charge in [-0.15, -0.1) is 0 Å². The number of urea groups is 1. The number of hydrogen-bond donors (Lipinski definition) is 3. The van der Waals surface area contributed by atoms with Gasteiger partial charge in [0, 0.05) is 7.05 Å². The number of amides is 2. The van der Waals surface area contributed by atoms with Crippen molar-refractivity contribution in [3.63, 3.8) is 0 Å². The van der Waals surface area contributed by atoms with Crippen LogP contribution in [0.4, 0.5) is 10.5 Å². The van der Waals surface area contributed by atoms with Crippen LogP contribution in [0.5, 0.6) is 5.75 Å². The molecular weight excluding hydrogens is 182 g/mol. The zero-order chi connectivity index (χ0) is 10.4. The molecule has 0 spiro atoms. The van der Waals surface area contributed by atoms with E-state index in [0.717, 1.165) is 11.4 Å². The number of benzene rings is 1. The third kappa shape index (κ3) is 2.85. The highest BCUT2D eigenvalue weighted by molar-refractivity contribution is 5.75. The van der Waals surface area contributed by atoms with Gasteiger partial charge in [0.15, 0.2) is 0 Å². The van der Waals surface area contributed by atoms with Crippen molar-refractivity contribution in [3.8, 4) is 5.75 Å². The van der Waals surface area contributed by atoms with Gasteiger partial charge in [-0.3, -0.25) is 10.9 Å². The Bertz CT molecular complexity index is 297. The van der Waals surface area contributed by atoms with Gasteiger partial charge in [0.2, 0.25) is 0 Å². The average Bonchev–Trinajstić information content (AvgIpc) is 2.26. The van der Waals surface area contributed by atoms with Crippen LogP contribution >= 0.6 is 0 Å². The van der Waals surface area contributed by atoms with Crippen molar-refractivity contribution in [2.75, 3.05) is 19.6 Å². The summed E-state index contributed by atoms with van der Waals surface area (Å²) in [6.07, 6.45) is 0. The minimum atomic E-state index is -0.291. The molecule has 5 heteroatoms. The van der Waals surface area contributed by atoms with Gasteiger partial charge < -0.3 is 10.1 Å². The Morgan fingerprint density at radius 2 is 1.93 bits per heavy atom. The van der Waals surface area contributed by atoms with Crippen molar-refractivity contribution in [2.24, 2.45) is 0 Å². The van der Waals surface area contributed by atoms with Gasteiger partial charge in [-0.2, -0.15) is 0 Å². The van der Waals surface area contributed by atoms with E-state index in [9.17, 15) is 4.79 Å². The van der Waals surface area contributed by atoms with E-state index in [0.29, 0.717) is 0 Å². The van der Waals surface area contributed by atoms with Gasteiger partial charge in [-0.05, 0) is 24.3 Å². The fraction of sp³-hybridized carbons (Fsp3) is 0.222. The first-order chi connectivity index (χ1) is 6.76. The molecule has 0 heterocycles. The van der Waals surface area contributed by atoms with Gasteiger partial charge in [0.1, 0.15) is 5.75 Å². The number of carbonyl (C=O) groups excluding carboxylic acids is 1. The maximum Gasteiger partial charge on any atom is 0.333 e. The summed E-state index contributed by atoms with van der Waals surface area (Å²) in [4.78, 5) is 10.8. The van der Waals surface area contributed by atoms with Crippen molar-refractivity contribution in [2.45, 2.75) is 0 Å². The monoisotopic (exact) mass is 195 g/mol. The van der Waals surface area contributed by atoms with Crippen LogP contribution in [-0.2, 0) is 0 Å². The lowest BCUT2D eigenvalue weighted by Crippen LogP contribution is -2.36. The van der Waals surface area contributed by atoms with Crippen LogP contribution in [0.15, 0.2) is 24.3 Å². The van der Waals surface area contributed by atoms with Crippen molar-refractivity contribution in [1.29, 1.82) is 0 Å². The SMILES string of the molecule is CNC(=O)NNc1ccc(OC)cc1. The number of methoxy groups -OCH3 is 1. The molecule has 3 N–H and O–H groups in total. The van der Waals surface area contributed by atoms with Gasteiger partial charge in [-0.1, -0.05) is 0 Å². The molecule has 0 aliphatic heterocycles. The van der Waals surface area contributed by atoms with Crippen molar-refractivity contribution in [3.05, 3.63) is 24.3 Å². The molecule has 0 bridgehead atoms. The van der Waals surface area contributed by atoms with E-state index in [1.165, 1.54) is 0 Å². The minimum Gasteiger partial charge on any atom is -0.497 e.